The third kappa shape index (κ3) is 3.29. The molecule has 116 valence electrons. The molecule has 1 heterocycles. The van der Waals surface area contributed by atoms with Gasteiger partial charge in [0.1, 0.15) is 11.6 Å². The Morgan fingerprint density at radius 1 is 0.955 bits per heavy atom. The molecule has 0 amide bonds. The first-order chi connectivity index (χ1) is 10.8. The molecular weight excluding hydrogens is 279 g/mol. The van der Waals surface area contributed by atoms with Crippen molar-refractivity contribution in [2.45, 2.75) is 6.04 Å². The molecule has 3 nitrogen and oxygen atoms in total. The van der Waals surface area contributed by atoms with E-state index >= 15 is 0 Å². The molecule has 0 spiro atoms. The van der Waals surface area contributed by atoms with Crippen LogP contribution in [-0.2, 0) is 0 Å². The van der Waals surface area contributed by atoms with Gasteiger partial charge in [0.2, 0.25) is 0 Å². The molecule has 0 unspecified atom stereocenters. The number of rotatable bonds is 4. The maximum absolute atomic E-state index is 13.3. The maximum Gasteiger partial charge on any atom is 0.123 e. The molecule has 1 aliphatic heterocycles. The number of methoxy groups -OCH3 is 1. The second kappa shape index (κ2) is 6.90. The van der Waals surface area contributed by atoms with Crippen molar-refractivity contribution in [1.82, 2.24) is 10.2 Å². The zero-order chi connectivity index (χ0) is 15.4. The van der Waals surface area contributed by atoms with Crippen molar-refractivity contribution in [3.05, 3.63) is 65.5 Å². The summed E-state index contributed by atoms with van der Waals surface area (Å²) in [6.45, 7) is 3.92. The summed E-state index contributed by atoms with van der Waals surface area (Å²) >= 11 is 0. The Bertz CT molecular complexity index is 591. The molecule has 1 saturated heterocycles. The van der Waals surface area contributed by atoms with E-state index in [0.29, 0.717) is 0 Å². The number of hydrogen-bond donors (Lipinski definition) is 1. The van der Waals surface area contributed by atoms with Gasteiger partial charge in [-0.05, 0) is 35.4 Å². The average molecular weight is 300 g/mol. The van der Waals surface area contributed by atoms with Crippen molar-refractivity contribution in [3.63, 3.8) is 0 Å². The highest BCUT2D eigenvalue weighted by Crippen LogP contribution is 2.30. The van der Waals surface area contributed by atoms with Crippen LogP contribution in [0, 0.1) is 5.82 Å². The molecule has 0 radical (unpaired) electrons. The van der Waals surface area contributed by atoms with Crippen LogP contribution < -0.4 is 10.1 Å². The maximum atomic E-state index is 13.3. The van der Waals surface area contributed by atoms with Gasteiger partial charge in [-0.25, -0.2) is 4.39 Å². The van der Waals surface area contributed by atoms with Crippen molar-refractivity contribution in [1.29, 1.82) is 0 Å². The summed E-state index contributed by atoms with van der Waals surface area (Å²) in [6, 6.07) is 15.1. The number of nitrogens with zero attached hydrogens (tertiary/aromatic N) is 1. The molecule has 0 bridgehead atoms. The van der Waals surface area contributed by atoms with Crippen LogP contribution in [0.25, 0.3) is 0 Å². The van der Waals surface area contributed by atoms with Gasteiger partial charge in [0.25, 0.3) is 0 Å². The second-order valence-corrected chi connectivity index (χ2v) is 5.51. The molecular formula is C18H21FN2O. The molecule has 0 aromatic heterocycles. The number of halogens is 1. The van der Waals surface area contributed by atoms with E-state index in [-0.39, 0.29) is 11.9 Å². The van der Waals surface area contributed by atoms with Crippen LogP contribution in [0.1, 0.15) is 17.2 Å². The van der Waals surface area contributed by atoms with Gasteiger partial charge in [0.15, 0.2) is 0 Å². The highest BCUT2D eigenvalue weighted by atomic mass is 19.1. The fourth-order valence-electron chi connectivity index (χ4n) is 2.99. The van der Waals surface area contributed by atoms with Crippen molar-refractivity contribution in [3.8, 4) is 5.75 Å². The molecule has 1 fully saturated rings. The Morgan fingerprint density at radius 3 is 2.05 bits per heavy atom. The fraction of sp³-hybridized carbons (Fsp3) is 0.333. The van der Waals surface area contributed by atoms with E-state index in [1.807, 2.05) is 24.3 Å². The van der Waals surface area contributed by atoms with E-state index in [0.717, 1.165) is 37.5 Å². The molecule has 3 rings (SSSR count). The van der Waals surface area contributed by atoms with E-state index in [1.54, 1.807) is 7.11 Å². The van der Waals surface area contributed by atoms with Gasteiger partial charge < -0.3 is 10.1 Å². The third-order valence-corrected chi connectivity index (χ3v) is 4.13. The third-order valence-electron chi connectivity index (χ3n) is 4.13. The topological polar surface area (TPSA) is 24.5 Å². The van der Waals surface area contributed by atoms with Crippen LogP contribution >= 0.6 is 0 Å². The summed E-state index contributed by atoms with van der Waals surface area (Å²) < 4.78 is 18.5. The minimum absolute atomic E-state index is 0.147. The molecule has 4 heteroatoms. The summed E-state index contributed by atoms with van der Waals surface area (Å²) in [5.74, 6) is 0.652. The molecule has 2 aromatic rings. The smallest absolute Gasteiger partial charge is 0.123 e. The first-order valence-electron chi connectivity index (χ1n) is 7.62. The van der Waals surface area contributed by atoms with E-state index in [9.17, 15) is 4.39 Å². The molecule has 1 atom stereocenters. The van der Waals surface area contributed by atoms with Crippen molar-refractivity contribution < 1.29 is 9.13 Å². The highest BCUT2D eigenvalue weighted by molar-refractivity contribution is 5.36. The lowest BCUT2D eigenvalue weighted by Crippen LogP contribution is -2.45. The molecule has 22 heavy (non-hydrogen) atoms. The Kier molecular flexibility index (Phi) is 4.71. The SMILES string of the molecule is COc1ccc([C@H](c2ccc(F)cc2)N2CCNCC2)cc1. The van der Waals surface area contributed by atoms with Gasteiger partial charge in [-0.3, -0.25) is 4.90 Å². The summed E-state index contributed by atoms with van der Waals surface area (Å²) in [6.07, 6.45) is 0. The largest absolute Gasteiger partial charge is 0.497 e. The predicted octanol–water partition coefficient (Wildman–Crippen LogP) is 2.83. The molecule has 2 aromatic carbocycles. The van der Waals surface area contributed by atoms with E-state index in [4.69, 9.17) is 4.74 Å². The average Bonchev–Trinajstić information content (AvgIpc) is 2.58. The van der Waals surface area contributed by atoms with Crippen LogP contribution in [0.5, 0.6) is 5.75 Å². The first kappa shape index (κ1) is 15.0. The lowest BCUT2D eigenvalue weighted by atomic mass is 9.96. The van der Waals surface area contributed by atoms with Crippen LogP contribution in [0.15, 0.2) is 48.5 Å². The normalized spacial score (nSPS) is 17.2. The zero-order valence-electron chi connectivity index (χ0n) is 12.8. The van der Waals surface area contributed by atoms with Gasteiger partial charge in [-0.1, -0.05) is 24.3 Å². The summed E-state index contributed by atoms with van der Waals surface area (Å²) in [7, 11) is 1.67. The lowest BCUT2D eigenvalue weighted by Gasteiger charge is -2.35. The van der Waals surface area contributed by atoms with E-state index < -0.39 is 0 Å². The second-order valence-electron chi connectivity index (χ2n) is 5.51. The number of ether oxygens (including phenoxy) is 1. The number of hydrogen-bond acceptors (Lipinski definition) is 3. The Labute approximate surface area is 130 Å². The van der Waals surface area contributed by atoms with E-state index in [2.05, 4.69) is 22.3 Å². The van der Waals surface area contributed by atoms with Crippen LogP contribution in [0.4, 0.5) is 4.39 Å². The van der Waals surface area contributed by atoms with Crippen LogP contribution in [0.3, 0.4) is 0 Å². The van der Waals surface area contributed by atoms with Crippen molar-refractivity contribution in [2.75, 3.05) is 33.3 Å². The van der Waals surface area contributed by atoms with E-state index in [1.165, 1.54) is 17.7 Å². The highest BCUT2D eigenvalue weighted by Gasteiger charge is 2.23. The lowest BCUT2D eigenvalue weighted by molar-refractivity contribution is 0.198. The summed E-state index contributed by atoms with van der Waals surface area (Å²) in [5.41, 5.74) is 2.32. The molecule has 0 aliphatic carbocycles. The minimum Gasteiger partial charge on any atom is -0.497 e. The number of benzene rings is 2. The molecule has 1 N–H and O–H groups in total. The Morgan fingerprint density at radius 2 is 1.50 bits per heavy atom. The Balaban J connectivity index is 1.95. The van der Waals surface area contributed by atoms with Gasteiger partial charge in [-0.2, -0.15) is 0 Å². The summed E-state index contributed by atoms with van der Waals surface area (Å²) in [5, 5.41) is 3.38. The van der Waals surface area contributed by atoms with Crippen LogP contribution in [0.2, 0.25) is 0 Å². The monoisotopic (exact) mass is 300 g/mol. The quantitative estimate of drug-likeness (QED) is 0.939. The molecule has 0 saturated carbocycles. The van der Waals surface area contributed by atoms with Crippen molar-refractivity contribution >= 4 is 0 Å². The minimum atomic E-state index is -0.197. The number of nitrogens with one attached hydrogen (secondary N) is 1. The predicted molar refractivity (Wildman–Crippen MR) is 85.7 cm³/mol. The van der Waals surface area contributed by atoms with Gasteiger partial charge >= 0.3 is 0 Å². The van der Waals surface area contributed by atoms with Gasteiger partial charge in [0, 0.05) is 26.2 Å². The standard InChI is InChI=1S/C18H21FN2O/c1-22-17-8-4-15(5-9-17)18(21-12-10-20-11-13-21)14-2-6-16(19)7-3-14/h2-9,18,20H,10-13H2,1H3/t18-/m0/s1. The Hall–Kier alpha value is -1.91. The first-order valence-corrected chi connectivity index (χ1v) is 7.62. The number of piperazine rings is 1. The summed E-state index contributed by atoms with van der Waals surface area (Å²) in [4.78, 5) is 2.44. The van der Waals surface area contributed by atoms with Crippen LogP contribution in [-0.4, -0.2) is 38.2 Å². The fourth-order valence-corrected chi connectivity index (χ4v) is 2.99. The van der Waals surface area contributed by atoms with Gasteiger partial charge in [-0.15, -0.1) is 0 Å². The van der Waals surface area contributed by atoms with Gasteiger partial charge in [0.05, 0.1) is 13.2 Å². The van der Waals surface area contributed by atoms with Crippen molar-refractivity contribution in [2.24, 2.45) is 0 Å². The molecule has 1 aliphatic rings. The zero-order valence-corrected chi connectivity index (χ0v) is 12.8.